The topological polar surface area (TPSA) is 87.4 Å². The number of thioether (sulfide) groups is 1. The number of carbonyl (C=O) groups excluding carboxylic acids is 2. The second-order valence-corrected chi connectivity index (χ2v) is 6.38. The van der Waals surface area contributed by atoms with Crippen LogP contribution in [0, 0.1) is 11.6 Å². The molecule has 1 aromatic carbocycles. The molecule has 0 aliphatic heterocycles. The van der Waals surface area contributed by atoms with Crippen LogP contribution in [0.25, 0.3) is 0 Å². The largest absolute Gasteiger partial charge is 0.465 e. The Balaban J connectivity index is 2.46. The van der Waals surface area contributed by atoms with Crippen LogP contribution in [0.5, 0.6) is 0 Å². The summed E-state index contributed by atoms with van der Waals surface area (Å²) in [6, 6.07) is 2.98. The number of aldehydes is 1. The molecule has 0 fully saturated rings. The third-order valence-corrected chi connectivity index (χ3v) is 4.75. The predicted octanol–water partition coefficient (Wildman–Crippen LogP) is 1.34. The number of nitrogens with zero attached hydrogens (tertiary/aromatic N) is 2. The van der Waals surface area contributed by atoms with Gasteiger partial charge in [-0.15, -0.1) is 0 Å². The van der Waals surface area contributed by atoms with Crippen molar-refractivity contribution in [2.75, 3.05) is 12.4 Å². The predicted molar refractivity (Wildman–Crippen MR) is 94.1 cm³/mol. The number of benzene rings is 1. The van der Waals surface area contributed by atoms with Gasteiger partial charge in [0.25, 0.3) is 5.56 Å². The van der Waals surface area contributed by atoms with Gasteiger partial charge < -0.3 is 4.74 Å². The van der Waals surface area contributed by atoms with Crippen molar-refractivity contribution in [3.05, 3.63) is 61.8 Å². The summed E-state index contributed by atoms with van der Waals surface area (Å²) < 4.78 is 33.0. The van der Waals surface area contributed by atoms with E-state index in [4.69, 9.17) is 4.74 Å². The molecule has 2 aromatic rings. The first kappa shape index (κ1) is 20.6. The van der Waals surface area contributed by atoms with Crippen molar-refractivity contribution < 1.29 is 23.1 Å². The highest BCUT2D eigenvalue weighted by Crippen LogP contribution is 2.18. The molecule has 0 bridgehead atoms. The highest BCUT2D eigenvalue weighted by Gasteiger charge is 2.19. The molecule has 0 unspecified atom stereocenters. The minimum Gasteiger partial charge on any atom is -0.465 e. The van der Waals surface area contributed by atoms with E-state index in [1.807, 2.05) is 0 Å². The van der Waals surface area contributed by atoms with E-state index < -0.39 is 28.9 Å². The van der Waals surface area contributed by atoms with Crippen LogP contribution in [0.15, 0.2) is 32.8 Å². The molecule has 0 saturated heterocycles. The van der Waals surface area contributed by atoms with E-state index in [1.54, 1.807) is 6.92 Å². The molecule has 0 atom stereocenters. The van der Waals surface area contributed by atoms with Crippen LogP contribution < -0.4 is 11.2 Å². The second-order valence-electron chi connectivity index (χ2n) is 5.41. The van der Waals surface area contributed by atoms with Crippen LogP contribution in [0.2, 0.25) is 0 Å². The number of hydrogen-bond acceptors (Lipinski definition) is 6. The minimum absolute atomic E-state index is 0.0228. The molecule has 144 valence electrons. The lowest BCUT2D eigenvalue weighted by Gasteiger charge is -2.14. The Labute approximate surface area is 156 Å². The summed E-state index contributed by atoms with van der Waals surface area (Å²) in [7, 11) is 1.34. The van der Waals surface area contributed by atoms with Gasteiger partial charge in [-0.25, -0.2) is 13.6 Å². The number of rotatable bonds is 7. The number of halogens is 2. The van der Waals surface area contributed by atoms with Crippen molar-refractivity contribution in [1.82, 2.24) is 9.13 Å². The van der Waals surface area contributed by atoms with Crippen molar-refractivity contribution in [2.24, 2.45) is 7.05 Å². The molecule has 1 aromatic heterocycles. The average molecular weight is 398 g/mol. The van der Waals surface area contributed by atoms with Gasteiger partial charge in [0.05, 0.1) is 23.9 Å². The quantitative estimate of drug-likeness (QED) is 0.303. The third-order valence-electron chi connectivity index (χ3n) is 3.60. The van der Waals surface area contributed by atoms with Crippen LogP contribution in [0.4, 0.5) is 8.78 Å². The SMILES string of the molecule is CCOC(=O)CSc1c(C=O)c(=O)n(Cc2ccc(F)c(F)c2)c(=O)n1C. The number of esters is 1. The monoisotopic (exact) mass is 398 g/mol. The first-order valence-corrected chi connectivity index (χ1v) is 8.80. The van der Waals surface area contributed by atoms with E-state index in [-0.39, 0.29) is 41.3 Å². The first-order chi connectivity index (χ1) is 12.8. The molecule has 0 N–H and O–H groups in total. The number of carbonyl (C=O) groups is 2. The Morgan fingerprint density at radius 3 is 2.56 bits per heavy atom. The highest BCUT2D eigenvalue weighted by atomic mass is 32.2. The first-order valence-electron chi connectivity index (χ1n) is 7.81. The Morgan fingerprint density at radius 1 is 1.26 bits per heavy atom. The van der Waals surface area contributed by atoms with E-state index in [2.05, 4.69) is 0 Å². The summed E-state index contributed by atoms with van der Waals surface area (Å²) in [6.45, 7) is 1.47. The summed E-state index contributed by atoms with van der Waals surface area (Å²) in [6.07, 6.45) is 0.289. The molecule has 0 aliphatic carbocycles. The molecule has 0 aliphatic rings. The van der Waals surface area contributed by atoms with Gasteiger partial charge in [0.1, 0.15) is 5.56 Å². The lowest BCUT2D eigenvalue weighted by molar-refractivity contribution is -0.139. The molecule has 0 radical (unpaired) electrons. The highest BCUT2D eigenvalue weighted by molar-refractivity contribution is 8.00. The van der Waals surface area contributed by atoms with E-state index >= 15 is 0 Å². The van der Waals surface area contributed by atoms with Gasteiger partial charge >= 0.3 is 11.7 Å². The summed E-state index contributed by atoms with van der Waals surface area (Å²) in [5.74, 6) is -2.92. The molecule has 0 spiro atoms. The molecule has 1 heterocycles. The molecule has 10 heteroatoms. The average Bonchev–Trinajstić information content (AvgIpc) is 2.63. The second kappa shape index (κ2) is 8.76. The van der Waals surface area contributed by atoms with Gasteiger partial charge in [-0.2, -0.15) is 0 Å². The van der Waals surface area contributed by atoms with Crippen LogP contribution in [0.3, 0.4) is 0 Å². The maximum atomic E-state index is 13.4. The standard InChI is InChI=1S/C17H16F2N2O5S/c1-3-26-14(23)9-27-16-11(8-22)15(24)21(17(25)20(16)2)7-10-4-5-12(18)13(19)6-10/h4-6,8H,3,7,9H2,1-2H3. The summed E-state index contributed by atoms with van der Waals surface area (Å²) in [5.41, 5.74) is -1.78. The summed E-state index contributed by atoms with van der Waals surface area (Å²) in [5, 5.41) is 0.0228. The van der Waals surface area contributed by atoms with Gasteiger partial charge in [0, 0.05) is 7.05 Å². The molecule has 0 saturated carbocycles. The Hall–Kier alpha value is -2.75. The van der Waals surface area contributed by atoms with Crippen molar-refractivity contribution >= 4 is 24.0 Å². The smallest absolute Gasteiger partial charge is 0.331 e. The number of hydrogen-bond donors (Lipinski definition) is 0. The lowest BCUT2D eigenvalue weighted by atomic mass is 10.2. The fourth-order valence-electron chi connectivity index (χ4n) is 2.34. The van der Waals surface area contributed by atoms with Crippen LogP contribution in [-0.4, -0.2) is 33.7 Å². The molecular formula is C17H16F2N2O5S. The normalized spacial score (nSPS) is 10.7. The van der Waals surface area contributed by atoms with Crippen molar-refractivity contribution in [3.63, 3.8) is 0 Å². The maximum absolute atomic E-state index is 13.4. The van der Waals surface area contributed by atoms with Crippen molar-refractivity contribution in [1.29, 1.82) is 0 Å². The van der Waals surface area contributed by atoms with Gasteiger partial charge in [-0.3, -0.25) is 23.5 Å². The lowest BCUT2D eigenvalue weighted by Crippen LogP contribution is -2.42. The molecular weight excluding hydrogens is 382 g/mol. The fraction of sp³-hybridized carbons (Fsp3) is 0.294. The van der Waals surface area contributed by atoms with Crippen molar-refractivity contribution in [2.45, 2.75) is 18.5 Å². The molecule has 7 nitrogen and oxygen atoms in total. The van der Waals surface area contributed by atoms with Crippen molar-refractivity contribution in [3.8, 4) is 0 Å². The molecule has 27 heavy (non-hydrogen) atoms. The number of aromatic nitrogens is 2. The zero-order valence-electron chi connectivity index (χ0n) is 14.5. The third kappa shape index (κ3) is 4.51. The minimum atomic E-state index is -1.12. The van der Waals surface area contributed by atoms with Crippen LogP contribution in [-0.2, 0) is 23.1 Å². The van der Waals surface area contributed by atoms with Gasteiger partial charge in [-0.05, 0) is 24.6 Å². The summed E-state index contributed by atoms with van der Waals surface area (Å²) >= 11 is 0.828. The van der Waals surface area contributed by atoms with Gasteiger partial charge in [-0.1, -0.05) is 17.8 Å². The number of ether oxygens (including phenoxy) is 1. The summed E-state index contributed by atoms with van der Waals surface area (Å²) in [4.78, 5) is 48.0. The maximum Gasteiger partial charge on any atom is 0.331 e. The zero-order valence-corrected chi connectivity index (χ0v) is 15.3. The Bertz CT molecular complexity index is 1000. The van der Waals surface area contributed by atoms with E-state index in [0.717, 1.165) is 33.0 Å². The van der Waals surface area contributed by atoms with E-state index in [0.29, 0.717) is 0 Å². The zero-order chi connectivity index (χ0) is 20.1. The molecule has 0 amide bonds. The van der Waals surface area contributed by atoms with E-state index in [1.165, 1.54) is 13.1 Å². The van der Waals surface area contributed by atoms with Gasteiger partial charge in [0.15, 0.2) is 17.9 Å². The van der Waals surface area contributed by atoms with Crippen LogP contribution >= 0.6 is 11.8 Å². The van der Waals surface area contributed by atoms with Crippen LogP contribution in [0.1, 0.15) is 22.8 Å². The Kier molecular flexibility index (Phi) is 6.67. The fourth-order valence-corrected chi connectivity index (χ4v) is 3.24. The van der Waals surface area contributed by atoms with Gasteiger partial charge in [0.2, 0.25) is 0 Å². The molecule has 2 rings (SSSR count). The van der Waals surface area contributed by atoms with E-state index in [9.17, 15) is 28.0 Å². The Morgan fingerprint density at radius 2 is 1.96 bits per heavy atom.